The monoisotopic (exact) mass is 470 g/mol. The molecule has 0 spiro atoms. The number of thiophene rings is 1. The molecule has 0 fully saturated rings. The van der Waals surface area contributed by atoms with Gasteiger partial charge in [0.1, 0.15) is 18.2 Å². The molecule has 0 radical (unpaired) electrons. The molecular formula is C23H23FN4O4S. The van der Waals surface area contributed by atoms with Gasteiger partial charge in [0.15, 0.2) is 0 Å². The minimum Gasteiger partial charge on any atom is -0.450 e. The third kappa shape index (κ3) is 5.11. The summed E-state index contributed by atoms with van der Waals surface area (Å²) in [5.74, 6) is -0.511. The molecule has 4 rings (SSSR count). The summed E-state index contributed by atoms with van der Waals surface area (Å²) in [5, 5.41) is 4.74. The van der Waals surface area contributed by atoms with Crippen molar-refractivity contribution in [1.82, 2.24) is 19.8 Å². The molecule has 0 atom stereocenters. The molecule has 10 heteroatoms. The smallest absolute Gasteiger partial charge is 0.410 e. The van der Waals surface area contributed by atoms with Gasteiger partial charge >= 0.3 is 6.09 Å². The molecule has 3 heterocycles. The van der Waals surface area contributed by atoms with E-state index in [1.807, 2.05) is 17.5 Å². The van der Waals surface area contributed by atoms with Crippen molar-refractivity contribution in [3.05, 3.63) is 74.1 Å². The number of aromatic nitrogens is 2. The van der Waals surface area contributed by atoms with Crippen LogP contribution in [0.3, 0.4) is 0 Å². The van der Waals surface area contributed by atoms with E-state index < -0.39 is 11.9 Å². The van der Waals surface area contributed by atoms with E-state index in [1.165, 1.54) is 45.1 Å². The van der Waals surface area contributed by atoms with Crippen molar-refractivity contribution in [3.63, 3.8) is 0 Å². The molecule has 0 unspecified atom stereocenters. The minimum atomic E-state index is -0.467. The molecule has 0 aliphatic carbocycles. The first-order valence-corrected chi connectivity index (χ1v) is 11.4. The second kappa shape index (κ2) is 9.95. The van der Waals surface area contributed by atoms with Crippen molar-refractivity contribution in [3.8, 4) is 11.4 Å². The van der Waals surface area contributed by atoms with Crippen LogP contribution in [0.1, 0.15) is 23.1 Å². The van der Waals surface area contributed by atoms with Crippen LogP contribution in [0.25, 0.3) is 11.4 Å². The Morgan fingerprint density at radius 2 is 2.03 bits per heavy atom. The fourth-order valence-corrected chi connectivity index (χ4v) is 4.31. The van der Waals surface area contributed by atoms with E-state index in [-0.39, 0.29) is 37.0 Å². The van der Waals surface area contributed by atoms with Crippen LogP contribution < -0.4 is 10.9 Å². The SMILES string of the molecule is CCOC(=O)N1CCc2c(nc(-c3ccc(F)cc3)n(CC(=O)NCc3cccs3)c2=O)C1. The molecule has 1 aromatic carbocycles. The van der Waals surface area contributed by atoms with Crippen molar-refractivity contribution in [1.29, 1.82) is 0 Å². The minimum absolute atomic E-state index is 0.128. The van der Waals surface area contributed by atoms with E-state index in [0.29, 0.717) is 36.3 Å². The number of carbonyl (C=O) groups is 2. The summed E-state index contributed by atoms with van der Waals surface area (Å²) in [7, 11) is 0. The molecule has 33 heavy (non-hydrogen) atoms. The van der Waals surface area contributed by atoms with Gasteiger partial charge in [-0.2, -0.15) is 0 Å². The first-order chi connectivity index (χ1) is 16.0. The summed E-state index contributed by atoms with van der Waals surface area (Å²) in [6.45, 7) is 2.57. The van der Waals surface area contributed by atoms with E-state index in [1.54, 1.807) is 6.92 Å². The number of nitrogens with zero attached hydrogens (tertiary/aromatic N) is 3. The van der Waals surface area contributed by atoms with Crippen LogP contribution >= 0.6 is 11.3 Å². The highest BCUT2D eigenvalue weighted by Crippen LogP contribution is 2.22. The highest BCUT2D eigenvalue weighted by Gasteiger charge is 2.27. The van der Waals surface area contributed by atoms with Crippen LogP contribution in [0.4, 0.5) is 9.18 Å². The topological polar surface area (TPSA) is 93.5 Å². The number of hydrogen-bond donors (Lipinski definition) is 1. The number of fused-ring (bicyclic) bond motifs is 1. The number of hydrogen-bond acceptors (Lipinski definition) is 6. The Balaban J connectivity index is 1.67. The average Bonchev–Trinajstić information content (AvgIpc) is 3.34. The number of nitrogens with one attached hydrogen (secondary N) is 1. The van der Waals surface area contributed by atoms with Crippen molar-refractivity contribution in [2.24, 2.45) is 0 Å². The average molecular weight is 471 g/mol. The third-order valence-electron chi connectivity index (χ3n) is 5.29. The van der Waals surface area contributed by atoms with Crippen molar-refractivity contribution < 1.29 is 18.7 Å². The Kier molecular flexibility index (Phi) is 6.83. The summed E-state index contributed by atoms with van der Waals surface area (Å²) in [6, 6.07) is 9.37. The maximum absolute atomic E-state index is 13.5. The lowest BCUT2D eigenvalue weighted by atomic mass is 10.1. The van der Waals surface area contributed by atoms with Gasteiger partial charge in [-0.25, -0.2) is 14.2 Å². The quantitative estimate of drug-likeness (QED) is 0.598. The number of benzene rings is 1. The molecule has 0 bridgehead atoms. The fraction of sp³-hybridized carbons (Fsp3) is 0.304. The molecule has 3 aromatic rings. The molecule has 8 nitrogen and oxygen atoms in total. The summed E-state index contributed by atoms with van der Waals surface area (Å²) in [5.41, 5.74) is 1.08. The highest BCUT2D eigenvalue weighted by molar-refractivity contribution is 7.09. The van der Waals surface area contributed by atoms with Gasteiger partial charge in [0.25, 0.3) is 5.56 Å². The lowest BCUT2D eigenvalue weighted by Crippen LogP contribution is -2.42. The molecule has 172 valence electrons. The zero-order valence-electron chi connectivity index (χ0n) is 18.0. The van der Waals surface area contributed by atoms with Gasteiger partial charge in [0.2, 0.25) is 5.91 Å². The van der Waals surface area contributed by atoms with Gasteiger partial charge in [0, 0.05) is 22.5 Å². The Hall–Kier alpha value is -3.53. The van der Waals surface area contributed by atoms with E-state index in [9.17, 15) is 18.8 Å². The van der Waals surface area contributed by atoms with Gasteiger partial charge in [-0.15, -0.1) is 11.3 Å². The third-order valence-corrected chi connectivity index (χ3v) is 6.17. The van der Waals surface area contributed by atoms with Gasteiger partial charge in [-0.3, -0.25) is 14.2 Å². The van der Waals surface area contributed by atoms with Crippen molar-refractivity contribution in [2.45, 2.75) is 33.0 Å². The van der Waals surface area contributed by atoms with Crippen LogP contribution in [0.2, 0.25) is 0 Å². The van der Waals surface area contributed by atoms with Gasteiger partial charge < -0.3 is 15.0 Å². The first-order valence-electron chi connectivity index (χ1n) is 10.6. The van der Waals surface area contributed by atoms with Crippen LogP contribution in [-0.4, -0.2) is 39.6 Å². The van der Waals surface area contributed by atoms with E-state index in [2.05, 4.69) is 10.3 Å². The molecule has 2 amide bonds. The molecular weight excluding hydrogens is 447 g/mol. The lowest BCUT2D eigenvalue weighted by molar-refractivity contribution is -0.121. The predicted molar refractivity (Wildman–Crippen MR) is 121 cm³/mol. The maximum atomic E-state index is 13.5. The second-order valence-electron chi connectivity index (χ2n) is 7.49. The van der Waals surface area contributed by atoms with E-state index in [0.717, 1.165) is 4.88 Å². The first kappa shape index (κ1) is 22.7. The number of amides is 2. The largest absolute Gasteiger partial charge is 0.450 e. The van der Waals surface area contributed by atoms with Crippen molar-refractivity contribution in [2.75, 3.05) is 13.2 Å². The number of carbonyl (C=O) groups excluding carboxylic acids is 2. The fourth-order valence-electron chi connectivity index (χ4n) is 3.66. The Morgan fingerprint density at radius 3 is 2.73 bits per heavy atom. The normalized spacial score (nSPS) is 12.8. The maximum Gasteiger partial charge on any atom is 0.410 e. The standard InChI is InChI=1S/C23H23FN4O4S/c1-2-32-23(31)27-10-9-18-19(13-27)26-21(15-5-7-16(24)8-6-15)28(22(18)30)14-20(29)25-12-17-4-3-11-33-17/h3-8,11H,2,9-10,12-14H2,1H3,(H,25,29). The molecule has 1 aliphatic rings. The molecule has 1 aliphatic heterocycles. The van der Waals surface area contributed by atoms with Gasteiger partial charge in [-0.05, 0) is 49.1 Å². The van der Waals surface area contributed by atoms with Gasteiger partial charge in [0.05, 0.1) is 25.4 Å². The number of halogens is 1. The number of ether oxygens (including phenoxy) is 1. The highest BCUT2D eigenvalue weighted by atomic mass is 32.1. The Bertz CT molecular complexity index is 1210. The summed E-state index contributed by atoms with van der Waals surface area (Å²) < 4.78 is 19.9. The lowest BCUT2D eigenvalue weighted by Gasteiger charge is -2.28. The Labute approximate surface area is 193 Å². The number of rotatable bonds is 6. The molecule has 1 N–H and O–H groups in total. The predicted octanol–water partition coefficient (Wildman–Crippen LogP) is 2.94. The van der Waals surface area contributed by atoms with Crippen molar-refractivity contribution >= 4 is 23.3 Å². The van der Waals surface area contributed by atoms with Gasteiger partial charge in [-0.1, -0.05) is 6.07 Å². The summed E-state index contributed by atoms with van der Waals surface area (Å²) >= 11 is 1.53. The summed E-state index contributed by atoms with van der Waals surface area (Å²) in [4.78, 5) is 45.3. The van der Waals surface area contributed by atoms with E-state index in [4.69, 9.17) is 4.74 Å². The van der Waals surface area contributed by atoms with E-state index >= 15 is 0 Å². The van der Waals surface area contributed by atoms with Crippen LogP contribution in [0.5, 0.6) is 0 Å². The molecule has 0 saturated heterocycles. The van der Waals surface area contributed by atoms with Crippen LogP contribution in [-0.2, 0) is 35.6 Å². The Morgan fingerprint density at radius 1 is 1.24 bits per heavy atom. The second-order valence-corrected chi connectivity index (χ2v) is 8.52. The zero-order valence-corrected chi connectivity index (χ0v) is 18.9. The molecule has 0 saturated carbocycles. The molecule has 2 aromatic heterocycles. The van der Waals surface area contributed by atoms with Crippen LogP contribution in [0, 0.1) is 5.82 Å². The van der Waals surface area contributed by atoms with Crippen LogP contribution in [0.15, 0.2) is 46.6 Å². The zero-order chi connectivity index (χ0) is 23.4. The summed E-state index contributed by atoms with van der Waals surface area (Å²) in [6.07, 6.45) is -0.161.